The van der Waals surface area contributed by atoms with Gasteiger partial charge in [-0.3, -0.25) is 4.79 Å². The number of carbonyl (C=O) groups excluding carboxylic acids is 1. The van der Waals surface area contributed by atoms with Crippen LogP contribution in [0.2, 0.25) is 0 Å². The standard InChI is InChI=1S/C15H16BrN3O/c1-10-11(6-4-7-12(10)16)15(20)18-13-8-5-9-17-14(13)19(2)3/h4-9H,1-3H3,(H,18,20). The molecule has 0 aliphatic carbocycles. The highest BCUT2D eigenvalue weighted by Gasteiger charge is 2.13. The fourth-order valence-electron chi connectivity index (χ4n) is 1.89. The monoisotopic (exact) mass is 333 g/mol. The molecule has 1 N–H and O–H groups in total. The average molecular weight is 334 g/mol. The molecule has 1 aromatic carbocycles. The Labute approximate surface area is 127 Å². The number of rotatable bonds is 3. The van der Waals surface area contributed by atoms with E-state index in [9.17, 15) is 4.79 Å². The largest absolute Gasteiger partial charge is 0.361 e. The van der Waals surface area contributed by atoms with Crippen molar-refractivity contribution in [1.82, 2.24) is 4.98 Å². The number of benzene rings is 1. The summed E-state index contributed by atoms with van der Waals surface area (Å²) >= 11 is 3.44. The Morgan fingerprint density at radius 1 is 1.25 bits per heavy atom. The molecule has 20 heavy (non-hydrogen) atoms. The van der Waals surface area contributed by atoms with Crippen LogP contribution in [0.15, 0.2) is 41.0 Å². The predicted molar refractivity (Wildman–Crippen MR) is 85.4 cm³/mol. The molecule has 0 fully saturated rings. The number of carbonyl (C=O) groups is 1. The van der Waals surface area contributed by atoms with E-state index in [2.05, 4.69) is 26.2 Å². The maximum atomic E-state index is 12.4. The summed E-state index contributed by atoms with van der Waals surface area (Å²) in [6, 6.07) is 9.22. The van der Waals surface area contributed by atoms with Crippen LogP contribution >= 0.6 is 15.9 Å². The molecule has 0 radical (unpaired) electrons. The molecule has 2 aromatic rings. The van der Waals surface area contributed by atoms with Gasteiger partial charge in [0.1, 0.15) is 0 Å². The molecule has 0 spiro atoms. The highest BCUT2D eigenvalue weighted by atomic mass is 79.9. The zero-order valence-electron chi connectivity index (χ0n) is 11.6. The fraction of sp³-hybridized carbons (Fsp3) is 0.200. The van der Waals surface area contributed by atoms with Gasteiger partial charge in [0, 0.05) is 30.3 Å². The Hall–Kier alpha value is -1.88. The molecule has 0 aliphatic heterocycles. The highest BCUT2D eigenvalue weighted by Crippen LogP contribution is 2.23. The molecule has 104 valence electrons. The van der Waals surface area contributed by atoms with E-state index in [0.29, 0.717) is 11.3 Å². The average Bonchev–Trinajstić information content (AvgIpc) is 2.42. The molecule has 0 aliphatic rings. The number of halogens is 1. The van der Waals surface area contributed by atoms with Gasteiger partial charge in [0.25, 0.3) is 5.91 Å². The molecule has 0 saturated carbocycles. The van der Waals surface area contributed by atoms with Gasteiger partial charge in [-0.1, -0.05) is 22.0 Å². The van der Waals surface area contributed by atoms with Crippen LogP contribution in [0.25, 0.3) is 0 Å². The number of nitrogens with zero attached hydrogens (tertiary/aromatic N) is 2. The lowest BCUT2D eigenvalue weighted by Gasteiger charge is -2.16. The first kappa shape index (κ1) is 14.5. The number of amides is 1. The van der Waals surface area contributed by atoms with E-state index in [1.807, 2.05) is 44.1 Å². The van der Waals surface area contributed by atoms with Gasteiger partial charge in [-0.05, 0) is 36.8 Å². The van der Waals surface area contributed by atoms with E-state index in [4.69, 9.17) is 0 Å². The van der Waals surface area contributed by atoms with Gasteiger partial charge in [0.2, 0.25) is 0 Å². The number of aromatic nitrogens is 1. The van der Waals surface area contributed by atoms with Crippen LogP contribution in [0.3, 0.4) is 0 Å². The molecule has 5 heteroatoms. The van der Waals surface area contributed by atoms with Crippen LogP contribution in [0, 0.1) is 6.92 Å². The Balaban J connectivity index is 2.31. The van der Waals surface area contributed by atoms with Crippen molar-refractivity contribution in [3.05, 3.63) is 52.1 Å². The Kier molecular flexibility index (Phi) is 4.39. The summed E-state index contributed by atoms with van der Waals surface area (Å²) in [5.41, 5.74) is 2.26. The van der Waals surface area contributed by atoms with Crippen LogP contribution in [-0.4, -0.2) is 25.0 Å². The van der Waals surface area contributed by atoms with Crippen molar-refractivity contribution in [3.63, 3.8) is 0 Å². The zero-order chi connectivity index (χ0) is 14.7. The van der Waals surface area contributed by atoms with Crippen LogP contribution in [0.1, 0.15) is 15.9 Å². The van der Waals surface area contributed by atoms with E-state index in [-0.39, 0.29) is 5.91 Å². The lowest BCUT2D eigenvalue weighted by atomic mass is 10.1. The Bertz CT molecular complexity index is 641. The molecule has 1 aromatic heterocycles. The van der Waals surface area contributed by atoms with Gasteiger partial charge in [-0.15, -0.1) is 0 Å². The summed E-state index contributed by atoms with van der Waals surface area (Å²) in [6.45, 7) is 1.91. The second-order valence-corrected chi connectivity index (χ2v) is 5.49. The first-order chi connectivity index (χ1) is 9.50. The number of anilines is 2. The first-order valence-corrected chi connectivity index (χ1v) is 6.99. The molecule has 4 nitrogen and oxygen atoms in total. The number of hydrogen-bond donors (Lipinski definition) is 1. The predicted octanol–water partition coefficient (Wildman–Crippen LogP) is 3.47. The van der Waals surface area contributed by atoms with Gasteiger partial charge >= 0.3 is 0 Å². The van der Waals surface area contributed by atoms with E-state index in [1.165, 1.54) is 0 Å². The normalized spacial score (nSPS) is 10.2. The quantitative estimate of drug-likeness (QED) is 0.935. The molecule has 2 rings (SSSR count). The number of hydrogen-bond acceptors (Lipinski definition) is 3. The van der Waals surface area contributed by atoms with Crippen molar-refractivity contribution in [1.29, 1.82) is 0 Å². The highest BCUT2D eigenvalue weighted by molar-refractivity contribution is 9.10. The van der Waals surface area contributed by atoms with Gasteiger partial charge in [-0.2, -0.15) is 0 Å². The summed E-state index contributed by atoms with van der Waals surface area (Å²) in [5.74, 6) is 0.591. The van der Waals surface area contributed by atoms with Crippen molar-refractivity contribution in [3.8, 4) is 0 Å². The van der Waals surface area contributed by atoms with Crippen molar-refractivity contribution < 1.29 is 4.79 Å². The maximum absolute atomic E-state index is 12.4. The second kappa shape index (κ2) is 6.05. The van der Waals surface area contributed by atoms with Crippen LogP contribution in [0.4, 0.5) is 11.5 Å². The third kappa shape index (κ3) is 2.99. The summed E-state index contributed by atoms with van der Waals surface area (Å²) in [7, 11) is 3.78. The molecule has 0 atom stereocenters. The molecule has 1 amide bonds. The number of pyridine rings is 1. The van der Waals surface area contributed by atoms with E-state index in [1.54, 1.807) is 18.3 Å². The van der Waals surface area contributed by atoms with E-state index < -0.39 is 0 Å². The minimum absolute atomic E-state index is 0.139. The Morgan fingerprint density at radius 2 is 2.00 bits per heavy atom. The summed E-state index contributed by atoms with van der Waals surface area (Å²) < 4.78 is 0.921. The minimum Gasteiger partial charge on any atom is -0.361 e. The van der Waals surface area contributed by atoms with Crippen LogP contribution < -0.4 is 10.2 Å². The second-order valence-electron chi connectivity index (χ2n) is 4.64. The topological polar surface area (TPSA) is 45.2 Å². The molecule has 0 unspecified atom stereocenters. The van der Waals surface area contributed by atoms with Gasteiger partial charge < -0.3 is 10.2 Å². The summed E-state index contributed by atoms with van der Waals surface area (Å²) in [5, 5.41) is 2.91. The third-order valence-electron chi connectivity index (χ3n) is 2.97. The van der Waals surface area contributed by atoms with Gasteiger partial charge in [-0.25, -0.2) is 4.98 Å². The SMILES string of the molecule is Cc1c(Br)cccc1C(=O)Nc1cccnc1N(C)C. The first-order valence-electron chi connectivity index (χ1n) is 6.19. The fourth-order valence-corrected chi connectivity index (χ4v) is 2.26. The molecular formula is C15H16BrN3O. The molecule has 0 bridgehead atoms. The molecule has 1 heterocycles. The lowest BCUT2D eigenvalue weighted by Crippen LogP contribution is -2.18. The zero-order valence-corrected chi connectivity index (χ0v) is 13.2. The van der Waals surface area contributed by atoms with Crippen molar-refractivity contribution in [2.24, 2.45) is 0 Å². The van der Waals surface area contributed by atoms with Crippen molar-refractivity contribution >= 4 is 33.3 Å². The van der Waals surface area contributed by atoms with Crippen molar-refractivity contribution in [2.75, 3.05) is 24.3 Å². The van der Waals surface area contributed by atoms with Gasteiger partial charge in [0.15, 0.2) is 5.82 Å². The van der Waals surface area contributed by atoms with E-state index in [0.717, 1.165) is 15.9 Å². The van der Waals surface area contributed by atoms with Gasteiger partial charge in [0.05, 0.1) is 5.69 Å². The van der Waals surface area contributed by atoms with Crippen LogP contribution in [0.5, 0.6) is 0 Å². The Morgan fingerprint density at radius 3 is 2.70 bits per heavy atom. The summed E-state index contributed by atoms with van der Waals surface area (Å²) in [4.78, 5) is 18.5. The minimum atomic E-state index is -0.139. The smallest absolute Gasteiger partial charge is 0.256 e. The van der Waals surface area contributed by atoms with Crippen LogP contribution in [-0.2, 0) is 0 Å². The molecule has 0 saturated heterocycles. The maximum Gasteiger partial charge on any atom is 0.256 e. The third-order valence-corrected chi connectivity index (χ3v) is 3.83. The number of nitrogens with one attached hydrogen (secondary N) is 1. The van der Waals surface area contributed by atoms with E-state index >= 15 is 0 Å². The summed E-state index contributed by atoms with van der Waals surface area (Å²) in [6.07, 6.45) is 1.70. The lowest BCUT2D eigenvalue weighted by molar-refractivity contribution is 0.102. The molecular weight excluding hydrogens is 318 g/mol. The van der Waals surface area contributed by atoms with Crippen molar-refractivity contribution in [2.45, 2.75) is 6.92 Å².